The van der Waals surface area contributed by atoms with Gasteiger partial charge in [-0.3, -0.25) is 10.1 Å². The summed E-state index contributed by atoms with van der Waals surface area (Å²) in [5.41, 5.74) is 6.35. The van der Waals surface area contributed by atoms with Crippen LogP contribution in [0.5, 0.6) is 0 Å². The van der Waals surface area contributed by atoms with E-state index in [1.165, 1.54) is 12.1 Å². The van der Waals surface area contributed by atoms with E-state index in [2.05, 4.69) is 5.32 Å². The van der Waals surface area contributed by atoms with E-state index >= 15 is 0 Å². The van der Waals surface area contributed by atoms with Crippen LogP contribution in [0, 0.1) is 10.1 Å². The summed E-state index contributed by atoms with van der Waals surface area (Å²) in [7, 11) is 1.61. The summed E-state index contributed by atoms with van der Waals surface area (Å²) in [5.74, 6) is 0. The maximum atomic E-state index is 10.6. The molecule has 0 aliphatic carbocycles. The van der Waals surface area contributed by atoms with Crippen LogP contribution in [0.25, 0.3) is 0 Å². The molecule has 0 aliphatic heterocycles. The number of rotatable bonds is 8. The van der Waals surface area contributed by atoms with Crippen molar-refractivity contribution in [2.45, 2.75) is 0 Å². The number of hydrogen-bond acceptors (Lipinski definition) is 6. The van der Waals surface area contributed by atoms with Gasteiger partial charge in [0.15, 0.2) is 0 Å². The molecule has 0 atom stereocenters. The SMILES string of the molecule is COCCOCCNc1ccc([N+](=O)[O-])c(N)c1. The Morgan fingerprint density at radius 3 is 2.78 bits per heavy atom. The van der Waals surface area contributed by atoms with Gasteiger partial charge in [0.25, 0.3) is 5.69 Å². The Labute approximate surface area is 105 Å². The van der Waals surface area contributed by atoms with Gasteiger partial charge in [0.05, 0.1) is 24.7 Å². The van der Waals surface area contributed by atoms with E-state index < -0.39 is 4.92 Å². The zero-order chi connectivity index (χ0) is 13.4. The highest BCUT2D eigenvalue weighted by atomic mass is 16.6. The maximum absolute atomic E-state index is 10.6. The summed E-state index contributed by atoms with van der Waals surface area (Å²) in [6, 6.07) is 4.53. The van der Waals surface area contributed by atoms with Crippen LogP contribution in [0.4, 0.5) is 17.1 Å². The normalized spacial score (nSPS) is 10.3. The molecule has 7 nitrogen and oxygen atoms in total. The fraction of sp³-hybridized carbons (Fsp3) is 0.455. The van der Waals surface area contributed by atoms with Gasteiger partial charge in [0.2, 0.25) is 0 Å². The highest BCUT2D eigenvalue weighted by Crippen LogP contribution is 2.24. The van der Waals surface area contributed by atoms with Crippen LogP contribution < -0.4 is 11.1 Å². The Kier molecular flexibility index (Phi) is 5.89. The van der Waals surface area contributed by atoms with Crippen LogP contribution in [-0.2, 0) is 9.47 Å². The minimum Gasteiger partial charge on any atom is -0.393 e. The Morgan fingerprint density at radius 2 is 2.17 bits per heavy atom. The van der Waals surface area contributed by atoms with Crippen molar-refractivity contribution in [1.82, 2.24) is 0 Å². The molecule has 18 heavy (non-hydrogen) atoms. The second-order valence-corrected chi connectivity index (χ2v) is 3.56. The highest BCUT2D eigenvalue weighted by molar-refractivity contribution is 5.65. The largest absolute Gasteiger partial charge is 0.393 e. The summed E-state index contributed by atoms with van der Waals surface area (Å²) in [5, 5.41) is 13.6. The highest BCUT2D eigenvalue weighted by Gasteiger charge is 2.10. The predicted molar refractivity (Wildman–Crippen MR) is 68.7 cm³/mol. The van der Waals surface area contributed by atoms with Crippen molar-refractivity contribution < 1.29 is 14.4 Å². The molecule has 1 aromatic carbocycles. The van der Waals surface area contributed by atoms with Gasteiger partial charge < -0.3 is 20.5 Å². The lowest BCUT2D eigenvalue weighted by Gasteiger charge is -2.08. The van der Waals surface area contributed by atoms with Crippen molar-refractivity contribution >= 4 is 17.1 Å². The van der Waals surface area contributed by atoms with Gasteiger partial charge in [-0.2, -0.15) is 0 Å². The Morgan fingerprint density at radius 1 is 1.39 bits per heavy atom. The summed E-state index contributed by atoms with van der Waals surface area (Å²) in [4.78, 5) is 10.1. The van der Waals surface area contributed by atoms with Crippen molar-refractivity contribution in [3.8, 4) is 0 Å². The van der Waals surface area contributed by atoms with E-state index in [4.69, 9.17) is 15.2 Å². The first-order valence-electron chi connectivity index (χ1n) is 5.49. The summed E-state index contributed by atoms with van der Waals surface area (Å²) in [6.07, 6.45) is 0. The third-order valence-corrected chi connectivity index (χ3v) is 2.23. The number of nitrogen functional groups attached to an aromatic ring is 1. The summed E-state index contributed by atoms with van der Waals surface area (Å²) >= 11 is 0. The third kappa shape index (κ3) is 4.56. The van der Waals surface area contributed by atoms with Crippen LogP contribution in [0.15, 0.2) is 18.2 Å². The molecule has 0 aliphatic rings. The van der Waals surface area contributed by atoms with E-state index in [-0.39, 0.29) is 11.4 Å². The Bertz CT molecular complexity index is 398. The minimum atomic E-state index is -0.507. The topological polar surface area (TPSA) is 99.6 Å². The molecular weight excluding hydrogens is 238 g/mol. The number of benzene rings is 1. The van der Waals surface area contributed by atoms with Crippen LogP contribution in [0.1, 0.15) is 0 Å². The lowest BCUT2D eigenvalue weighted by Crippen LogP contribution is -2.12. The van der Waals surface area contributed by atoms with Crippen molar-refractivity contribution in [2.75, 3.05) is 44.5 Å². The molecule has 0 heterocycles. The van der Waals surface area contributed by atoms with Gasteiger partial charge in [-0.15, -0.1) is 0 Å². The van der Waals surface area contributed by atoms with Crippen LogP contribution in [-0.4, -0.2) is 38.4 Å². The average Bonchev–Trinajstić information content (AvgIpc) is 2.33. The van der Waals surface area contributed by atoms with Crippen molar-refractivity contribution in [2.24, 2.45) is 0 Å². The fourth-order valence-electron chi connectivity index (χ4n) is 1.34. The molecule has 0 amide bonds. The monoisotopic (exact) mass is 255 g/mol. The zero-order valence-corrected chi connectivity index (χ0v) is 10.2. The lowest BCUT2D eigenvalue weighted by molar-refractivity contribution is -0.383. The van der Waals surface area contributed by atoms with Gasteiger partial charge in [-0.1, -0.05) is 0 Å². The molecule has 7 heteroatoms. The van der Waals surface area contributed by atoms with E-state index in [9.17, 15) is 10.1 Å². The number of anilines is 2. The Balaban J connectivity index is 2.35. The molecule has 0 unspecified atom stereocenters. The summed E-state index contributed by atoms with van der Waals surface area (Å²) < 4.78 is 10.1. The number of nitro benzene ring substituents is 1. The molecule has 0 saturated heterocycles. The predicted octanol–water partition coefficient (Wildman–Crippen LogP) is 1.25. The second-order valence-electron chi connectivity index (χ2n) is 3.56. The van der Waals surface area contributed by atoms with Crippen LogP contribution in [0.3, 0.4) is 0 Å². The molecule has 1 aromatic rings. The third-order valence-electron chi connectivity index (χ3n) is 2.23. The lowest BCUT2D eigenvalue weighted by atomic mass is 10.2. The van der Waals surface area contributed by atoms with E-state index in [0.29, 0.717) is 26.4 Å². The van der Waals surface area contributed by atoms with Crippen LogP contribution >= 0.6 is 0 Å². The first-order valence-corrected chi connectivity index (χ1v) is 5.49. The van der Waals surface area contributed by atoms with E-state index in [0.717, 1.165) is 5.69 Å². The average molecular weight is 255 g/mol. The van der Waals surface area contributed by atoms with E-state index in [1.54, 1.807) is 13.2 Å². The molecule has 0 saturated carbocycles. The first kappa shape index (κ1) is 14.2. The standard InChI is InChI=1S/C11H17N3O4/c1-17-6-7-18-5-4-13-9-2-3-11(14(15)16)10(12)8-9/h2-3,8,13H,4-7,12H2,1H3. The van der Waals surface area contributed by atoms with Gasteiger partial charge in [0, 0.05) is 25.4 Å². The van der Waals surface area contributed by atoms with Gasteiger partial charge in [0.1, 0.15) is 5.69 Å². The number of nitrogens with one attached hydrogen (secondary N) is 1. The zero-order valence-electron chi connectivity index (χ0n) is 10.2. The number of ether oxygens (including phenoxy) is 2. The molecule has 0 bridgehead atoms. The molecule has 0 aromatic heterocycles. The Hall–Kier alpha value is -1.86. The first-order chi connectivity index (χ1) is 8.65. The van der Waals surface area contributed by atoms with Gasteiger partial charge >= 0.3 is 0 Å². The molecule has 3 N–H and O–H groups in total. The van der Waals surface area contributed by atoms with Gasteiger partial charge in [-0.05, 0) is 12.1 Å². The van der Waals surface area contributed by atoms with Crippen molar-refractivity contribution in [3.05, 3.63) is 28.3 Å². The van der Waals surface area contributed by atoms with Crippen molar-refractivity contribution in [1.29, 1.82) is 0 Å². The molecule has 100 valence electrons. The smallest absolute Gasteiger partial charge is 0.292 e. The van der Waals surface area contributed by atoms with Crippen LogP contribution in [0.2, 0.25) is 0 Å². The second kappa shape index (κ2) is 7.46. The molecular formula is C11H17N3O4. The molecule has 0 fully saturated rings. The fourth-order valence-corrected chi connectivity index (χ4v) is 1.34. The van der Waals surface area contributed by atoms with E-state index in [1.807, 2.05) is 0 Å². The number of hydrogen-bond donors (Lipinski definition) is 2. The number of nitro groups is 1. The quantitative estimate of drug-likeness (QED) is 0.314. The number of nitrogens with two attached hydrogens (primary N) is 1. The molecule has 1 rings (SSSR count). The molecule has 0 radical (unpaired) electrons. The number of nitrogens with zero attached hydrogens (tertiary/aromatic N) is 1. The maximum Gasteiger partial charge on any atom is 0.292 e. The molecule has 0 spiro atoms. The minimum absolute atomic E-state index is 0.0862. The number of methoxy groups -OCH3 is 1. The van der Waals surface area contributed by atoms with Crippen molar-refractivity contribution in [3.63, 3.8) is 0 Å². The summed E-state index contributed by atoms with van der Waals surface area (Å²) in [6.45, 7) is 2.23. The van der Waals surface area contributed by atoms with Gasteiger partial charge in [-0.25, -0.2) is 0 Å².